The molecule has 8 heteroatoms. The Bertz CT molecular complexity index is 429. The van der Waals surface area contributed by atoms with Gasteiger partial charge in [0.25, 0.3) is 0 Å². The Hall–Kier alpha value is -1.18. The van der Waals surface area contributed by atoms with Gasteiger partial charge in [-0.3, -0.25) is 4.79 Å². The maximum absolute atomic E-state index is 10.8. The predicted molar refractivity (Wildman–Crippen MR) is 65.6 cm³/mol. The van der Waals surface area contributed by atoms with Gasteiger partial charge in [0.15, 0.2) is 0 Å². The number of nitrogens with one attached hydrogen (secondary N) is 1. The van der Waals surface area contributed by atoms with Crippen LogP contribution in [0.15, 0.2) is 6.20 Å². The van der Waals surface area contributed by atoms with Crippen molar-refractivity contribution in [2.75, 3.05) is 6.54 Å². The summed E-state index contributed by atoms with van der Waals surface area (Å²) in [6, 6.07) is -0.640. The van der Waals surface area contributed by atoms with E-state index < -0.39 is 17.6 Å². The van der Waals surface area contributed by atoms with Gasteiger partial charge >= 0.3 is 5.97 Å². The molecular formula is C10H17ClN4O3. The molecule has 1 aliphatic heterocycles. The van der Waals surface area contributed by atoms with Crippen LogP contribution in [0.1, 0.15) is 32.0 Å². The van der Waals surface area contributed by atoms with Crippen molar-refractivity contribution in [2.24, 2.45) is 0 Å². The number of carboxylic acid groups (broad SMARTS) is 1. The predicted octanol–water partition coefficient (Wildman–Crippen LogP) is -0.0851. The van der Waals surface area contributed by atoms with Crippen molar-refractivity contribution < 1.29 is 15.0 Å². The van der Waals surface area contributed by atoms with Crippen molar-refractivity contribution in [3.8, 4) is 0 Å². The minimum Gasteiger partial charge on any atom is -0.480 e. The minimum atomic E-state index is -1.04. The van der Waals surface area contributed by atoms with Gasteiger partial charge in [0.1, 0.15) is 11.6 Å². The highest BCUT2D eigenvalue weighted by Crippen LogP contribution is 2.25. The molecule has 1 aromatic heterocycles. The Kier molecular flexibility index (Phi) is 4.31. The summed E-state index contributed by atoms with van der Waals surface area (Å²) >= 11 is 0. The fraction of sp³-hybridized carbons (Fsp3) is 0.700. The molecule has 2 rings (SSSR count). The van der Waals surface area contributed by atoms with E-state index in [-0.39, 0.29) is 18.4 Å². The second-order valence-electron chi connectivity index (χ2n) is 4.81. The van der Waals surface area contributed by atoms with E-state index in [0.29, 0.717) is 18.7 Å². The maximum Gasteiger partial charge on any atom is 0.320 e. The Balaban J connectivity index is 0.00000162. The van der Waals surface area contributed by atoms with Crippen LogP contribution in [-0.2, 0) is 10.4 Å². The van der Waals surface area contributed by atoms with E-state index in [2.05, 4.69) is 15.6 Å². The Morgan fingerprint density at radius 3 is 2.78 bits per heavy atom. The van der Waals surface area contributed by atoms with Crippen LogP contribution >= 0.6 is 12.4 Å². The van der Waals surface area contributed by atoms with Gasteiger partial charge in [0.05, 0.1) is 17.9 Å². The van der Waals surface area contributed by atoms with Crippen molar-refractivity contribution in [3.63, 3.8) is 0 Å². The molecule has 1 fully saturated rings. The molecule has 2 atom stereocenters. The molecule has 102 valence electrons. The molecule has 18 heavy (non-hydrogen) atoms. The summed E-state index contributed by atoms with van der Waals surface area (Å²) in [5, 5.41) is 29.5. The van der Waals surface area contributed by atoms with E-state index in [1.165, 1.54) is 6.20 Å². The SMILES string of the molecule is CC(C)(O)c1cnnn1C1CNC(C(=O)O)C1.Cl. The number of aliphatic carboxylic acids is 1. The molecule has 1 saturated heterocycles. The molecule has 0 aromatic carbocycles. The molecule has 1 aromatic rings. The minimum absolute atomic E-state index is 0. The largest absolute Gasteiger partial charge is 0.480 e. The quantitative estimate of drug-likeness (QED) is 0.714. The van der Waals surface area contributed by atoms with E-state index in [4.69, 9.17) is 5.11 Å². The molecule has 7 nitrogen and oxygen atoms in total. The van der Waals surface area contributed by atoms with Gasteiger partial charge in [-0.25, -0.2) is 4.68 Å². The number of nitrogens with zero attached hydrogens (tertiary/aromatic N) is 3. The molecule has 0 radical (unpaired) electrons. The Labute approximate surface area is 111 Å². The summed E-state index contributed by atoms with van der Waals surface area (Å²) in [5.74, 6) is -0.863. The average molecular weight is 277 g/mol. The molecule has 3 N–H and O–H groups in total. The summed E-state index contributed by atoms with van der Waals surface area (Å²) < 4.78 is 1.61. The number of halogens is 1. The first-order valence-corrected chi connectivity index (χ1v) is 5.49. The molecule has 2 unspecified atom stereocenters. The summed E-state index contributed by atoms with van der Waals surface area (Å²) in [4.78, 5) is 10.8. The second-order valence-corrected chi connectivity index (χ2v) is 4.81. The van der Waals surface area contributed by atoms with Crippen molar-refractivity contribution in [1.29, 1.82) is 0 Å². The number of rotatable bonds is 3. The third kappa shape index (κ3) is 2.80. The maximum atomic E-state index is 10.8. The van der Waals surface area contributed by atoms with E-state index in [0.717, 1.165) is 0 Å². The van der Waals surface area contributed by atoms with Gasteiger partial charge in [-0.2, -0.15) is 0 Å². The van der Waals surface area contributed by atoms with Crippen LogP contribution in [0.2, 0.25) is 0 Å². The Morgan fingerprint density at radius 1 is 1.61 bits per heavy atom. The van der Waals surface area contributed by atoms with Gasteiger partial charge < -0.3 is 15.5 Å². The highest BCUT2D eigenvalue weighted by molar-refractivity contribution is 5.85. The fourth-order valence-electron chi connectivity index (χ4n) is 2.04. The van der Waals surface area contributed by atoms with Crippen LogP contribution in [0.3, 0.4) is 0 Å². The smallest absolute Gasteiger partial charge is 0.320 e. The number of carboxylic acids is 1. The van der Waals surface area contributed by atoms with Crippen molar-refractivity contribution >= 4 is 18.4 Å². The van der Waals surface area contributed by atoms with Gasteiger partial charge in [0.2, 0.25) is 0 Å². The molecule has 0 spiro atoms. The second kappa shape index (κ2) is 5.21. The van der Waals surface area contributed by atoms with Crippen molar-refractivity contribution in [2.45, 2.75) is 38.0 Å². The standard InChI is InChI=1S/C10H16N4O3.ClH/c1-10(2,17)8-5-12-13-14(8)6-3-7(9(15)16)11-4-6;/h5-7,11,17H,3-4H2,1-2H3,(H,15,16);1H. The molecule has 0 saturated carbocycles. The third-order valence-electron chi connectivity index (χ3n) is 2.95. The van der Waals surface area contributed by atoms with Crippen LogP contribution in [0.5, 0.6) is 0 Å². The molecule has 0 bridgehead atoms. The normalized spacial score (nSPS) is 23.7. The lowest BCUT2D eigenvalue weighted by Crippen LogP contribution is -2.30. The highest BCUT2D eigenvalue weighted by Gasteiger charge is 2.34. The van der Waals surface area contributed by atoms with Crippen LogP contribution in [-0.4, -0.2) is 43.8 Å². The van der Waals surface area contributed by atoms with Crippen LogP contribution < -0.4 is 5.32 Å². The van der Waals surface area contributed by atoms with Gasteiger partial charge in [0, 0.05) is 6.54 Å². The van der Waals surface area contributed by atoms with Crippen molar-refractivity contribution in [1.82, 2.24) is 20.3 Å². The lowest BCUT2D eigenvalue weighted by molar-refractivity contribution is -0.139. The number of aromatic nitrogens is 3. The number of hydrogen-bond donors (Lipinski definition) is 3. The summed E-state index contributed by atoms with van der Waals surface area (Å²) in [6.07, 6.45) is 1.95. The van der Waals surface area contributed by atoms with Crippen LogP contribution in [0.4, 0.5) is 0 Å². The molecule has 0 amide bonds. The van der Waals surface area contributed by atoms with Crippen LogP contribution in [0.25, 0.3) is 0 Å². The van der Waals surface area contributed by atoms with Gasteiger partial charge in [-0.1, -0.05) is 5.21 Å². The van der Waals surface area contributed by atoms with Gasteiger partial charge in [-0.05, 0) is 20.3 Å². The topological polar surface area (TPSA) is 100 Å². The first-order chi connectivity index (χ1) is 7.89. The number of carbonyl (C=O) groups is 1. The zero-order chi connectivity index (χ0) is 12.6. The third-order valence-corrected chi connectivity index (χ3v) is 2.95. The fourth-order valence-corrected chi connectivity index (χ4v) is 2.04. The lowest BCUT2D eigenvalue weighted by atomic mass is 10.1. The van der Waals surface area contributed by atoms with E-state index in [1.54, 1.807) is 18.5 Å². The molecule has 2 heterocycles. The van der Waals surface area contributed by atoms with E-state index >= 15 is 0 Å². The number of aliphatic hydroxyl groups is 1. The van der Waals surface area contributed by atoms with Crippen LogP contribution in [0, 0.1) is 0 Å². The Morgan fingerprint density at radius 2 is 2.28 bits per heavy atom. The van der Waals surface area contributed by atoms with E-state index in [9.17, 15) is 9.90 Å². The first-order valence-electron chi connectivity index (χ1n) is 5.49. The summed E-state index contributed by atoms with van der Waals surface area (Å²) in [5.41, 5.74) is -0.444. The zero-order valence-electron chi connectivity index (χ0n) is 10.2. The average Bonchev–Trinajstić information content (AvgIpc) is 2.85. The van der Waals surface area contributed by atoms with Gasteiger partial charge in [-0.15, -0.1) is 17.5 Å². The monoisotopic (exact) mass is 276 g/mol. The van der Waals surface area contributed by atoms with E-state index in [1.807, 2.05) is 0 Å². The first kappa shape index (κ1) is 14.9. The molecule has 0 aliphatic carbocycles. The zero-order valence-corrected chi connectivity index (χ0v) is 11.0. The lowest BCUT2D eigenvalue weighted by Gasteiger charge is -2.21. The highest BCUT2D eigenvalue weighted by atomic mass is 35.5. The molecule has 1 aliphatic rings. The van der Waals surface area contributed by atoms with Crippen molar-refractivity contribution in [3.05, 3.63) is 11.9 Å². The summed E-state index contributed by atoms with van der Waals surface area (Å²) in [7, 11) is 0. The molecular weight excluding hydrogens is 260 g/mol. The summed E-state index contributed by atoms with van der Waals surface area (Å²) in [6.45, 7) is 3.82. The number of hydrogen-bond acceptors (Lipinski definition) is 5.